The van der Waals surface area contributed by atoms with Crippen LogP contribution < -0.4 is 5.32 Å². The van der Waals surface area contributed by atoms with Gasteiger partial charge in [-0.1, -0.05) is 20.8 Å². The molecule has 0 aromatic heterocycles. The van der Waals surface area contributed by atoms with Gasteiger partial charge in [-0.05, 0) is 51.5 Å². The molecule has 114 valence electrons. The third kappa shape index (κ3) is 5.05. The molecule has 0 saturated heterocycles. The molecule has 1 aliphatic rings. The Hall–Kier alpha value is -0.120. The highest BCUT2D eigenvalue weighted by Gasteiger charge is 2.42. The van der Waals surface area contributed by atoms with E-state index in [0.29, 0.717) is 17.6 Å². The lowest BCUT2D eigenvalue weighted by molar-refractivity contribution is -0.0339. The lowest BCUT2D eigenvalue weighted by Gasteiger charge is -2.32. The zero-order chi connectivity index (χ0) is 14.5. The van der Waals surface area contributed by atoms with Crippen molar-refractivity contribution in [2.24, 2.45) is 5.41 Å². The van der Waals surface area contributed by atoms with Gasteiger partial charge >= 0.3 is 0 Å². The van der Waals surface area contributed by atoms with Crippen LogP contribution in [0.1, 0.15) is 60.3 Å². The highest BCUT2D eigenvalue weighted by atomic mass is 16.5. The van der Waals surface area contributed by atoms with Crippen molar-refractivity contribution in [1.29, 1.82) is 0 Å². The van der Waals surface area contributed by atoms with E-state index in [1.165, 1.54) is 19.3 Å². The summed E-state index contributed by atoms with van der Waals surface area (Å²) in [7, 11) is 1.77. The lowest BCUT2D eigenvalue weighted by Crippen LogP contribution is -2.46. The second-order valence-electron chi connectivity index (χ2n) is 7.08. The number of rotatable bonds is 8. The number of methoxy groups -OCH3 is 1. The second kappa shape index (κ2) is 7.05. The summed E-state index contributed by atoms with van der Waals surface area (Å²) in [5.74, 6) is 0. The van der Waals surface area contributed by atoms with Gasteiger partial charge in [0.25, 0.3) is 0 Å². The topological polar surface area (TPSA) is 30.5 Å². The summed E-state index contributed by atoms with van der Waals surface area (Å²) in [6.07, 6.45) is 4.89. The minimum atomic E-state index is -0.0829. The Labute approximate surface area is 119 Å². The van der Waals surface area contributed by atoms with Crippen LogP contribution in [0.4, 0.5) is 0 Å². The molecule has 0 radical (unpaired) electrons. The Morgan fingerprint density at radius 1 is 1.32 bits per heavy atom. The Kier molecular flexibility index (Phi) is 6.28. The number of ether oxygens (including phenoxy) is 2. The van der Waals surface area contributed by atoms with Crippen molar-refractivity contribution < 1.29 is 9.47 Å². The molecule has 1 saturated carbocycles. The molecule has 0 heterocycles. The molecule has 0 spiro atoms. The summed E-state index contributed by atoms with van der Waals surface area (Å²) in [4.78, 5) is 0. The summed E-state index contributed by atoms with van der Waals surface area (Å²) in [5.41, 5.74) is 0.261. The highest BCUT2D eigenvalue weighted by Crippen LogP contribution is 2.39. The van der Waals surface area contributed by atoms with Crippen LogP contribution in [0.15, 0.2) is 0 Å². The molecule has 1 fully saturated rings. The Bertz CT molecular complexity index is 263. The first-order valence-electron chi connectivity index (χ1n) is 7.72. The fourth-order valence-electron chi connectivity index (χ4n) is 2.78. The molecule has 0 aromatic carbocycles. The SMILES string of the molecule is CCCNC1C(OCCC(C)(C)OC)CCC1(C)C. The van der Waals surface area contributed by atoms with Crippen LogP contribution in [0.25, 0.3) is 0 Å². The van der Waals surface area contributed by atoms with Crippen LogP contribution in [0.2, 0.25) is 0 Å². The Morgan fingerprint density at radius 2 is 2.00 bits per heavy atom. The fraction of sp³-hybridized carbons (Fsp3) is 1.00. The summed E-state index contributed by atoms with van der Waals surface area (Å²) in [5, 5.41) is 3.68. The molecule has 3 heteroatoms. The van der Waals surface area contributed by atoms with Gasteiger partial charge in [-0.3, -0.25) is 0 Å². The minimum absolute atomic E-state index is 0.0829. The van der Waals surface area contributed by atoms with Crippen LogP contribution in [0.3, 0.4) is 0 Å². The maximum Gasteiger partial charge on any atom is 0.0733 e. The molecule has 2 unspecified atom stereocenters. The molecule has 0 amide bonds. The van der Waals surface area contributed by atoms with Crippen LogP contribution in [0, 0.1) is 5.41 Å². The maximum atomic E-state index is 6.14. The van der Waals surface area contributed by atoms with Gasteiger partial charge in [-0.15, -0.1) is 0 Å². The molecule has 1 rings (SSSR count). The predicted octanol–water partition coefficient (Wildman–Crippen LogP) is 3.37. The predicted molar refractivity (Wildman–Crippen MR) is 80.5 cm³/mol. The average molecular weight is 271 g/mol. The first-order valence-corrected chi connectivity index (χ1v) is 7.72. The zero-order valence-electron chi connectivity index (χ0n) is 13.7. The van der Waals surface area contributed by atoms with Crippen molar-refractivity contribution in [3.63, 3.8) is 0 Å². The molecule has 0 bridgehead atoms. The van der Waals surface area contributed by atoms with Crippen molar-refractivity contribution in [2.75, 3.05) is 20.3 Å². The molecule has 0 aliphatic heterocycles. The quantitative estimate of drug-likeness (QED) is 0.734. The number of nitrogens with one attached hydrogen (secondary N) is 1. The van der Waals surface area contributed by atoms with E-state index < -0.39 is 0 Å². The van der Waals surface area contributed by atoms with Crippen molar-refractivity contribution in [1.82, 2.24) is 5.32 Å². The smallest absolute Gasteiger partial charge is 0.0733 e. The van der Waals surface area contributed by atoms with Crippen LogP contribution in [0.5, 0.6) is 0 Å². The van der Waals surface area contributed by atoms with E-state index >= 15 is 0 Å². The normalized spacial score (nSPS) is 26.8. The molecule has 1 N–H and O–H groups in total. The van der Waals surface area contributed by atoms with Crippen LogP contribution in [-0.2, 0) is 9.47 Å². The average Bonchev–Trinajstić information content (AvgIpc) is 2.62. The van der Waals surface area contributed by atoms with E-state index in [0.717, 1.165) is 19.6 Å². The van der Waals surface area contributed by atoms with Gasteiger partial charge in [0, 0.05) is 19.8 Å². The number of hydrogen-bond donors (Lipinski definition) is 1. The molecular formula is C16H33NO2. The highest BCUT2D eigenvalue weighted by molar-refractivity contribution is 4.97. The first kappa shape index (κ1) is 16.9. The molecule has 0 aromatic rings. The van der Waals surface area contributed by atoms with Gasteiger partial charge in [-0.25, -0.2) is 0 Å². The summed E-state index contributed by atoms with van der Waals surface area (Å²) in [6, 6.07) is 0.484. The minimum Gasteiger partial charge on any atom is -0.379 e. The Morgan fingerprint density at radius 3 is 2.58 bits per heavy atom. The van der Waals surface area contributed by atoms with Gasteiger partial charge in [0.2, 0.25) is 0 Å². The summed E-state index contributed by atoms with van der Waals surface area (Å²) in [6.45, 7) is 13.0. The van der Waals surface area contributed by atoms with Gasteiger partial charge in [-0.2, -0.15) is 0 Å². The summed E-state index contributed by atoms with van der Waals surface area (Å²) < 4.78 is 11.6. The van der Waals surface area contributed by atoms with Crippen molar-refractivity contribution in [3.8, 4) is 0 Å². The number of hydrogen-bond acceptors (Lipinski definition) is 3. The van der Waals surface area contributed by atoms with Crippen molar-refractivity contribution in [3.05, 3.63) is 0 Å². The molecule has 3 nitrogen and oxygen atoms in total. The van der Waals surface area contributed by atoms with Gasteiger partial charge in [0.15, 0.2) is 0 Å². The van der Waals surface area contributed by atoms with Crippen LogP contribution >= 0.6 is 0 Å². The van der Waals surface area contributed by atoms with E-state index in [4.69, 9.17) is 9.47 Å². The molecule has 2 atom stereocenters. The van der Waals surface area contributed by atoms with Gasteiger partial charge < -0.3 is 14.8 Å². The van der Waals surface area contributed by atoms with Crippen molar-refractivity contribution >= 4 is 0 Å². The Balaban J connectivity index is 2.43. The molecular weight excluding hydrogens is 238 g/mol. The van der Waals surface area contributed by atoms with Crippen molar-refractivity contribution in [2.45, 2.75) is 78.0 Å². The van der Waals surface area contributed by atoms with Crippen LogP contribution in [-0.4, -0.2) is 38.0 Å². The van der Waals surface area contributed by atoms with E-state index in [1.807, 2.05) is 0 Å². The summed E-state index contributed by atoms with van der Waals surface area (Å²) >= 11 is 0. The maximum absolute atomic E-state index is 6.14. The molecule has 19 heavy (non-hydrogen) atoms. The van der Waals surface area contributed by atoms with E-state index in [-0.39, 0.29) is 5.60 Å². The standard InChI is InChI=1S/C16H33NO2/c1-7-11-17-14-13(8-9-15(14,2)3)19-12-10-16(4,5)18-6/h13-14,17H,7-12H2,1-6H3. The van der Waals surface area contributed by atoms with E-state index in [2.05, 4.69) is 39.9 Å². The van der Waals surface area contributed by atoms with E-state index in [1.54, 1.807) is 7.11 Å². The lowest BCUT2D eigenvalue weighted by atomic mass is 9.87. The second-order valence-corrected chi connectivity index (χ2v) is 7.08. The fourth-order valence-corrected chi connectivity index (χ4v) is 2.78. The largest absolute Gasteiger partial charge is 0.379 e. The third-order valence-corrected chi connectivity index (χ3v) is 4.49. The van der Waals surface area contributed by atoms with E-state index in [9.17, 15) is 0 Å². The zero-order valence-corrected chi connectivity index (χ0v) is 13.7. The van der Waals surface area contributed by atoms with Gasteiger partial charge in [0.1, 0.15) is 0 Å². The monoisotopic (exact) mass is 271 g/mol. The van der Waals surface area contributed by atoms with Gasteiger partial charge in [0.05, 0.1) is 11.7 Å². The molecule has 1 aliphatic carbocycles. The first-order chi connectivity index (χ1) is 8.82. The third-order valence-electron chi connectivity index (χ3n) is 4.49.